The molecule has 0 spiro atoms. The van der Waals surface area contributed by atoms with E-state index in [2.05, 4.69) is 0 Å². The molecule has 1 saturated heterocycles. The Hall–Kier alpha value is -1.10. The van der Waals surface area contributed by atoms with Gasteiger partial charge in [0.25, 0.3) is 0 Å². The summed E-state index contributed by atoms with van der Waals surface area (Å²) < 4.78 is 5.28. The molecule has 1 amide bonds. The summed E-state index contributed by atoms with van der Waals surface area (Å²) in [5, 5.41) is 8.71. The van der Waals surface area contributed by atoms with Crippen molar-refractivity contribution in [1.82, 2.24) is 4.90 Å². The van der Waals surface area contributed by atoms with Crippen LogP contribution in [0.2, 0.25) is 0 Å². The number of ether oxygens (including phenoxy) is 1. The van der Waals surface area contributed by atoms with E-state index in [1.807, 2.05) is 18.7 Å². The number of methoxy groups -OCH3 is 1. The predicted octanol–water partition coefficient (Wildman–Crippen LogP) is 1.90. The minimum atomic E-state index is -0.760. The third kappa shape index (κ3) is 5.59. The standard InChI is InChI=1S/C14H25NO4/c1-14(2,19-3)9-12(16)15-8-4-5-11(10-15)6-7-13(17)18/h11H,4-10H2,1-3H3,(H,17,18). The number of likely N-dealkylation sites (tertiary alicyclic amines) is 1. The Morgan fingerprint density at radius 3 is 2.68 bits per heavy atom. The smallest absolute Gasteiger partial charge is 0.303 e. The second-order valence-corrected chi connectivity index (χ2v) is 5.92. The lowest BCUT2D eigenvalue weighted by Gasteiger charge is -2.34. The van der Waals surface area contributed by atoms with Gasteiger partial charge in [-0.1, -0.05) is 0 Å². The van der Waals surface area contributed by atoms with Crippen molar-refractivity contribution in [3.8, 4) is 0 Å². The van der Waals surface area contributed by atoms with Crippen LogP contribution in [0, 0.1) is 5.92 Å². The van der Waals surface area contributed by atoms with Gasteiger partial charge in [0.05, 0.1) is 12.0 Å². The summed E-state index contributed by atoms with van der Waals surface area (Å²) in [7, 11) is 1.61. The van der Waals surface area contributed by atoms with Crippen molar-refractivity contribution in [2.75, 3.05) is 20.2 Å². The quantitative estimate of drug-likeness (QED) is 0.801. The molecule has 0 radical (unpaired) electrons. The molecule has 0 aromatic heterocycles. The largest absolute Gasteiger partial charge is 0.481 e. The zero-order valence-electron chi connectivity index (χ0n) is 12.1. The zero-order chi connectivity index (χ0) is 14.5. The highest BCUT2D eigenvalue weighted by molar-refractivity contribution is 5.77. The monoisotopic (exact) mass is 271 g/mol. The molecule has 1 fully saturated rings. The van der Waals surface area contributed by atoms with Crippen LogP contribution in [0.4, 0.5) is 0 Å². The van der Waals surface area contributed by atoms with Gasteiger partial charge in [-0.15, -0.1) is 0 Å². The van der Waals surface area contributed by atoms with Crippen LogP contribution in [0.3, 0.4) is 0 Å². The highest BCUT2D eigenvalue weighted by Gasteiger charge is 2.28. The summed E-state index contributed by atoms with van der Waals surface area (Å²) in [6, 6.07) is 0. The summed E-state index contributed by atoms with van der Waals surface area (Å²) in [5.41, 5.74) is -0.439. The van der Waals surface area contributed by atoms with Crippen molar-refractivity contribution in [3.05, 3.63) is 0 Å². The Morgan fingerprint density at radius 2 is 2.11 bits per heavy atom. The van der Waals surface area contributed by atoms with E-state index in [0.717, 1.165) is 19.4 Å². The van der Waals surface area contributed by atoms with E-state index < -0.39 is 11.6 Å². The molecule has 19 heavy (non-hydrogen) atoms. The third-order valence-electron chi connectivity index (χ3n) is 3.77. The molecule has 1 heterocycles. The van der Waals surface area contributed by atoms with Crippen molar-refractivity contribution in [3.63, 3.8) is 0 Å². The van der Waals surface area contributed by atoms with Gasteiger partial charge in [-0.2, -0.15) is 0 Å². The van der Waals surface area contributed by atoms with Crippen LogP contribution in [0.1, 0.15) is 46.0 Å². The van der Waals surface area contributed by atoms with E-state index in [1.54, 1.807) is 7.11 Å². The van der Waals surface area contributed by atoms with Crippen LogP contribution >= 0.6 is 0 Å². The molecule has 1 aliphatic rings. The number of carboxylic acid groups (broad SMARTS) is 1. The molecular weight excluding hydrogens is 246 g/mol. The summed E-state index contributed by atoms with van der Waals surface area (Å²) >= 11 is 0. The lowest BCUT2D eigenvalue weighted by atomic mass is 9.92. The van der Waals surface area contributed by atoms with Crippen molar-refractivity contribution in [2.45, 2.75) is 51.6 Å². The minimum absolute atomic E-state index is 0.104. The first-order chi connectivity index (χ1) is 8.84. The van der Waals surface area contributed by atoms with Crippen molar-refractivity contribution >= 4 is 11.9 Å². The zero-order valence-corrected chi connectivity index (χ0v) is 12.1. The molecule has 1 unspecified atom stereocenters. The van der Waals surface area contributed by atoms with Crippen molar-refractivity contribution < 1.29 is 19.4 Å². The lowest BCUT2D eigenvalue weighted by Crippen LogP contribution is -2.43. The van der Waals surface area contributed by atoms with Crippen LogP contribution in [0.15, 0.2) is 0 Å². The number of hydrogen-bond acceptors (Lipinski definition) is 3. The van der Waals surface area contributed by atoms with E-state index >= 15 is 0 Å². The van der Waals surface area contributed by atoms with Gasteiger partial charge in [0.15, 0.2) is 0 Å². The first-order valence-corrected chi connectivity index (χ1v) is 6.89. The molecule has 5 heteroatoms. The number of rotatable bonds is 6. The fraction of sp³-hybridized carbons (Fsp3) is 0.857. The van der Waals surface area contributed by atoms with E-state index in [1.165, 1.54) is 0 Å². The van der Waals surface area contributed by atoms with Gasteiger partial charge in [-0.05, 0) is 39.0 Å². The van der Waals surface area contributed by atoms with E-state index in [4.69, 9.17) is 9.84 Å². The van der Waals surface area contributed by atoms with Crippen LogP contribution in [-0.2, 0) is 14.3 Å². The minimum Gasteiger partial charge on any atom is -0.481 e. The average Bonchev–Trinajstić information content (AvgIpc) is 2.36. The van der Waals surface area contributed by atoms with Crippen molar-refractivity contribution in [1.29, 1.82) is 0 Å². The third-order valence-corrected chi connectivity index (χ3v) is 3.77. The van der Waals surface area contributed by atoms with Gasteiger partial charge >= 0.3 is 5.97 Å². The Labute approximate surface area is 114 Å². The van der Waals surface area contributed by atoms with E-state index in [0.29, 0.717) is 25.3 Å². The second kappa shape index (κ2) is 6.89. The van der Waals surface area contributed by atoms with Crippen molar-refractivity contribution in [2.24, 2.45) is 5.92 Å². The molecular formula is C14H25NO4. The van der Waals surface area contributed by atoms with Gasteiger partial charge in [-0.3, -0.25) is 9.59 Å². The maximum atomic E-state index is 12.2. The number of carboxylic acids is 1. The number of carbonyl (C=O) groups is 2. The molecule has 110 valence electrons. The summed E-state index contributed by atoms with van der Waals surface area (Å²) in [6.07, 6.45) is 3.20. The Balaban J connectivity index is 2.45. The number of nitrogens with zero attached hydrogens (tertiary/aromatic N) is 1. The van der Waals surface area contributed by atoms with E-state index in [9.17, 15) is 9.59 Å². The van der Waals surface area contributed by atoms with Crippen LogP contribution in [0.25, 0.3) is 0 Å². The number of amides is 1. The average molecular weight is 271 g/mol. The fourth-order valence-corrected chi connectivity index (χ4v) is 2.40. The summed E-state index contributed by atoms with van der Waals surface area (Å²) in [6.45, 7) is 5.27. The molecule has 0 aromatic carbocycles. The highest BCUT2D eigenvalue weighted by atomic mass is 16.5. The predicted molar refractivity (Wildman–Crippen MR) is 71.9 cm³/mol. The number of piperidine rings is 1. The van der Waals surface area contributed by atoms with Gasteiger partial charge in [0.1, 0.15) is 0 Å². The molecule has 1 atom stereocenters. The lowest BCUT2D eigenvalue weighted by molar-refractivity contribution is -0.138. The fourth-order valence-electron chi connectivity index (χ4n) is 2.40. The maximum Gasteiger partial charge on any atom is 0.303 e. The number of aliphatic carboxylic acids is 1. The van der Waals surface area contributed by atoms with Crippen LogP contribution in [-0.4, -0.2) is 47.7 Å². The van der Waals surface area contributed by atoms with Crippen LogP contribution < -0.4 is 0 Å². The molecule has 1 aliphatic heterocycles. The van der Waals surface area contributed by atoms with Gasteiger partial charge in [0, 0.05) is 26.6 Å². The number of hydrogen-bond donors (Lipinski definition) is 1. The SMILES string of the molecule is COC(C)(C)CC(=O)N1CCCC(CCC(=O)O)C1. The molecule has 0 aromatic rings. The first-order valence-electron chi connectivity index (χ1n) is 6.89. The van der Waals surface area contributed by atoms with Crippen LogP contribution in [0.5, 0.6) is 0 Å². The maximum absolute atomic E-state index is 12.2. The van der Waals surface area contributed by atoms with Gasteiger partial charge in [0.2, 0.25) is 5.91 Å². The number of carbonyl (C=O) groups excluding carboxylic acids is 1. The van der Waals surface area contributed by atoms with Gasteiger partial charge in [-0.25, -0.2) is 0 Å². The van der Waals surface area contributed by atoms with E-state index in [-0.39, 0.29) is 12.3 Å². The topological polar surface area (TPSA) is 66.8 Å². The molecule has 1 N–H and O–H groups in total. The highest BCUT2D eigenvalue weighted by Crippen LogP contribution is 2.23. The molecule has 1 rings (SSSR count). The molecule has 0 saturated carbocycles. The molecule has 0 aliphatic carbocycles. The Bertz CT molecular complexity index is 327. The Morgan fingerprint density at radius 1 is 1.42 bits per heavy atom. The summed E-state index contributed by atoms with van der Waals surface area (Å²) in [4.78, 5) is 24.6. The second-order valence-electron chi connectivity index (χ2n) is 5.92. The normalized spacial score (nSPS) is 20.4. The van der Waals surface area contributed by atoms with Gasteiger partial charge < -0.3 is 14.7 Å². The first kappa shape index (κ1) is 16.0. The molecule has 5 nitrogen and oxygen atoms in total. The molecule has 0 bridgehead atoms. The Kier molecular flexibility index (Phi) is 5.79. The summed E-state index contributed by atoms with van der Waals surface area (Å²) in [5.74, 6) is -0.338.